The first kappa shape index (κ1) is 24.9. The maximum atomic E-state index is 14.6. The number of likely N-dealkylation sites (N-methyl/N-ethyl adjacent to an activating group) is 1. The largest absolute Gasteiger partial charge is 0.446 e. The van der Waals surface area contributed by atoms with Crippen LogP contribution in [0.4, 0.5) is 19.4 Å². The zero-order valence-corrected chi connectivity index (χ0v) is 20.0. The number of nitrogens with zero attached hydrogens (tertiary/aromatic N) is 4. The Labute approximate surface area is 201 Å². The lowest BCUT2D eigenvalue weighted by Crippen LogP contribution is -2.41. The maximum Gasteiger partial charge on any atom is 0.409 e. The highest BCUT2D eigenvalue weighted by molar-refractivity contribution is 8.23. The van der Waals surface area contributed by atoms with Crippen molar-refractivity contribution in [3.05, 3.63) is 40.0 Å². The summed E-state index contributed by atoms with van der Waals surface area (Å²) >= 11 is 5.67. The molecule has 1 saturated heterocycles. The first-order chi connectivity index (χ1) is 16.1. The van der Waals surface area contributed by atoms with E-state index in [-0.39, 0.29) is 47.2 Å². The van der Waals surface area contributed by atoms with E-state index in [1.807, 2.05) is 4.90 Å². The van der Waals surface area contributed by atoms with Gasteiger partial charge in [-0.1, -0.05) is 11.6 Å². The SMILES string of the molecule is CN(CCO)C(=O)OC1CCN(c2nc(-c3cc(F)c(Cl)cc3F)nc3c2CS(O)(O)C3)CC1. The number of aliphatic hydroxyl groups excluding tert-OH is 1. The molecule has 13 heteroatoms. The molecular formula is C21H25ClF2N4O5S. The number of carbonyl (C=O) groups excluding carboxylic acids is 1. The van der Waals surface area contributed by atoms with E-state index in [9.17, 15) is 22.7 Å². The molecule has 186 valence electrons. The van der Waals surface area contributed by atoms with Gasteiger partial charge in [0, 0.05) is 45.1 Å². The Hall–Kier alpha value is -2.25. The maximum absolute atomic E-state index is 14.6. The average Bonchev–Trinajstić information content (AvgIpc) is 3.10. The molecule has 3 N–H and O–H groups in total. The van der Waals surface area contributed by atoms with E-state index in [1.165, 1.54) is 11.9 Å². The lowest BCUT2D eigenvalue weighted by atomic mass is 10.1. The number of anilines is 1. The molecule has 1 aromatic carbocycles. The summed E-state index contributed by atoms with van der Waals surface area (Å²) in [6.07, 6.45) is 0.134. The van der Waals surface area contributed by atoms with Gasteiger partial charge in [-0.05, 0) is 12.1 Å². The van der Waals surface area contributed by atoms with Gasteiger partial charge in [0.05, 0.1) is 34.4 Å². The fraction of sp³-hybridized carbons (Fsp3) is 0.476. The predicted molar refractivity (Wildman–Crippen MR) is 124 cm³/mol. The number of aromatic nitrogens is 2. The van der Waals surface area contributed by atoms with Crippen LogP contribution in [0.15, 0.2) is 12.1 Å². The second-order valence-electron chi connectivity index (χ2n) is 8.35. The molecule has 0 unspecified atom stereocenters. The van der Waals surface area contributed by atoms with Crippen molar-refractivity contribution in [2.24, 2.45) is 0 Å². The topological polar surface area (TPSA) is 119 Å². The Kier molecular flexibility index (Phi) is 7.15. The van der Waals surface area contributed by atoms with E-state index in [1.54, 1.807) is 0 Å². The first-order valence-corrected chi connectivity index (χ1v) is 12.9. The summed E-state index contributed by atoms with van der Waals surface area (Å²) in [6.45, 7) is 0.896. The van der Waals surface area contributed by atoms with Crippen molar-refractivity contribution >= 4 is 34.1 Å². The fourth-order valence-electron chi connectivity index (χ4n) is 4.02. The molecule has 2 aliphatic heterocycles. The summed E-state index contributed by atoms with van der Waals surface area (Å²) in [5.74, 6) is -1.36. The minimum Gasteiger partial charge on any atom is -0.446 e. The number of carbonyl (C=O) groups is 1. The van der Waals surface area contributed by atoms with Crippen LogP contribution in [0.25, 0.3) is 11.4 Å². The van der Waals surface area contributed by atoms with Gasteiger partial charge in [0.15, 0.2) is 5.82 Å². The van der Waals surface area contributed by atoms with Crippen LogP contribution in [-0.2, 0) is 16.2 Å². The van der Waals surface area contributed by atoms with Crippen LogP contribution < -0.4 is 4.90 Å². The monoisotopic (exact) mass is 518 g/mol. The highest BCUT2D eigenvalue weighted by atomic mass is 35.5. The van der Waals surface area contributed by atoms with Crippen molar-refractivity contribution in [1.29, 1.82) is 0 Å². The number of fused-ring (bicyclic) bond motifs is 1. The number of rotatable bonds is 5. The van der Waals surface area contributed by atoms with Crippen molar-refractivity contribution in [3.8, 4) is 11.4 Å². The average molecular weight is 519 g/mol. The molecule has 0 bridgehead atoms. The summed E-state index contributed by atoms with van der Waals surface area (Å²) in [7, 11) is -1.41. The third-order valence-electron chi connectivity index (χ3n) is 5.82. The summed E-state index contributed by atoms with van der Waals surface area (Å²) in [6, 6.07) is 1.77. The van der Waals surface area contributed by atoms with Crippen molar-refractivity contribution in [1.82, 2.24) is 14.9 Å². The van der Waals surface area contributed by atoms with E-state index >= 15 is 0 Å². The highest BCUT2D eigenvalue weighted by Crippen LogP contribution is 2.54. The normalized spacial score (nSPS) is 18.5. The zero-order valence-electron chi connectivity index (χ0n) is 18.4. The Morgan fingerprint density at radius 3 is 2.62 bits per heavy atom. The van der Waals surface area contributed by atoms with Gasteiger partial charge in [0.1, 0.15) is 23.6 Å². The van der Waals surface area contributed by atoms with Gasteiger partial charge in [0.2, 0.25) is 0 Å². The second-order valence-corrected chi connectivity index (χ2v) is 10.9. The molecule has 4 rings (SSSR count). The number of amides is 1. The number of aliphatic hydroxyl groups is 1. The van der Waals surface area contributed by atoms with Crippen LogP contribution in [0.1, 0.15) is 24.1 Å². The van der Waals surface area contributed by atoms with Gasteiger partial charge in [0.25, 0.3) is 0 Å². The molecule has 9 nitrogen and oxygen atoms in total. The van der Waals surface area contributed by atoms with Crippen LogP contribution in [0.2, 0.25) is 5.02 Å². The quantitative estimate of drug-likeness (QED) is 0.510. The number of ether oxygens (including phenoxy) is 1. The van der Waals surface area contributed by atoms with E-state index in [0.29, 0.717) is 43.0 Å². The smallest absolute Gasteiger partial charge is 0.409 e. The molecule has 0 saturated carbocycles. The molecule has 0 spiro atoms. The molecule has 2 aliphatic rings. The van der Waals surface area contributed by atoms with Crippen LogP contribution in [0, 0.1) is 11.6 Å². The second kappa shape index (κ2) is 9.78. The summed E-state index contributed by atoms with van der Waals surface area (Å²) in [4.78, 5) is 24.1. The summed E-state index contributed by atoms with van der Waals surface area (Å²) < 4.78 is 54.7. The minimum absolute atomic E-state index is 0.0176. The highest BCUT2D eigenvalue weighted by Gasteiger charge is 2.34. The molecular weight excluding hydrogens is 494 g/mol. The van der Waals surface area contributed by atoms with Crippen molar-refractivity contribution in [2.75, 3.05) is 38.2 Å². The number of hydrogen-bond donors (Lipinski definition) is 3. The van der Waals surface area contributed by atoms with Gasteiger partial charge in [-0.3, -0.25) is 9.11 Å². The van der Waals surface area contributed by atoms with Crippen molar-refractivity contribution in [2.45, 2.75) is 30.5 Å². The summed E-state index contributed by atoms with van der Waals surface area (Å²) in [5, 5.41) is 8.60. The van der Waals surface area contributed by atoms with Gasteiger partial charge in [-0.2, -0.15) is 10.6 Å². The number of piperidine rings is 1. The van der Waals surface area contributed by atoms with E-state index in [2.05, 4.69) is 9.97 Å². The lowest BCUT2D eigenvalue weighted by Gasteiger charge is -2.34. The first-order valence-electron chi connectivity index (χ1n) is 10.6. The lowest BCUT2D eigenvalue weighted by molar-refractivity contribution is 0.0539. The molecule has 34 heavy (non-hydrogen) atoms. The number of benzene rings is 1. The molecule has 1 amide bonds. The predicted octanol–water partition coefficient (Wildman–Crippen LogP) is 3.87. The Morgan fingerprint density at radius 2 is 1.94 bits per heavy atom. The molecule has 1 fully saturated rings. The Balaban J connectivity index is 1.59. The van der Waals surface area contributed by atoms with Crippen LogP contribution in [0.5, 0.6) is 0 Å². The standard InChI is InChI=1S/C21H25ClF2N4O5S/c1-27(6-7-29)21(30)33-12-2-4-28(5-3-12)20-14-10-34(31,32)11-18(14)25-19(26-20)13-8-17(24)15(22)9-16(13)23/h8-9,12,29,31-32H,2-7,10-11H2,1H3. The summed E-state index contributed by atoms with van der Waals surface area (Å²) in [5.41, 5.74) is 0.774. The minimum atomic E-state index is -2.95. The molecule has 1 aromatic heterocycles. The van der Waals surface area contributed by atoms with Crippen LogP contribution >= 0.6 is 22.2 Å². The number of halogens is 3. The van der Waals surface area contributed by atoms with Gasteiger partial charge >= 0.3 is 6.09 Å². The molecule has 3 heterocycles. The third-order valence-corrected chi connectivity index (χ3v) is 7.60. The van der Waals surface area contributed by atoms with Crippen LogP contribution in [-0.4, -0.2) is 74.6 Å². The van der Waals surface area contributed by atoms with Gasteiger partial charge in [-0.25, -0.2) is 23.5 Å². The molecule has 0 atom stereocenters. The number of hydrogen-bond acceptors (Lipinski definition) is 8. The van der Waals surface area contributed by atoms with Crippen molar-refractivity contribution in [3.63, 3.8) is 0 Å². The molecule has 2 aromatic rings. The van der Waals surface area contributed by atoms with E-state index in [4.69, 9.17) is 21.4 Å². The Morgan fingerprint density at radius 1 is 1.24 bits per heavy atom. The zero-order chi connectivity index (χ0) is 24.6. The molecule has 0 aliphatic carbocycles. The van der Waals surface area contributed by atoms with Crippen LogP contribution in [0.3, 0.4) is 0 Å². The third kappa shape index (κ3) is 5.20. The van der Waals surface area contributed by atoms with Crippen molar-refractivity contribution < 1.29 is 32.5 Å². The fourth-order valence-corrected chi connectivity index (χ4v) is 5.71. The Bertz CT molecular complexity index is 1100. The van der Waals surface area contributed by atoms with E-state index in [0.717, 1.165) is 12.1 Å². The molecule has 0 radical (unpaired) electrons. The van der Waals surface area contributed by atoms with E-state index < -0.39 is 28.3 Å². The van der Waals surface area contributed by atoms with Gasteiger partial charge < -0.3 is 19.6 Å². The van der Waals surface area contributed by atoms with Gasteiger partial charge in [-0.15, -0.1) is 0 Å².